The first-order valence-corrected chi connectivity index (χ1v) is 7.32. The summed E-state index contributed by atoms with van der Waals surface area (Å²) < 4.78 is 5.34. The van der Waals surface area contributed by atoms with Gasteiger partial charge >= 0.3 is 0 Å². The first-order chi connectivity index (χ1) is 10.0. The Hall–Kier alpha value is -2.21. The lowest BCUT2D eigenvalue weighted by atomic mass is 9.86. The Morgan fingerprint density at radius 3 is 2.52 bits per heavy atom. The van der Waals surface area contributed by atoms with Crippen LogP contribution in [0.1, 0.15) is 38.5 Å². The molecule has 0 aliphatic carbocycles. The number of nitrogens with one attached hydrogen (secondary N) is 1. The molecule has 1 aromatic heterocycles. The summed E-state index contributed by atoms with van der Waals surface area (Å²) >= 11 is 0. The van der Waals surface area contributed by atoms with E-state index < -0.39 is 5.41 Å². The molecule has 2 rings (SSSR count). The fourth-order valence-corrected chi connectivity index (χ4v) is 2.22. The summed E-state index contributed by atoms with van der Waals surface area (Å²) in [6, 6.07) is 14.7. The maximum absolute atomic E-state index is 9.15. The zero-order valence-corrected chi connectivity index (χ0v) is 12.9. The highest BCUT2D eigenvalue weighted by Crippen LogP contribution is 2.24. The Morgan fingerprint density at radius 2 is 1.95 bits per heavy atom. The minimum atomic E-state index is -0.441. The molecular formula is C18H22N2O. The number of rotatable bonds is 6. The van der Waals surface area contributed by atoms with Gasteiger partial charge in [-0.3, -0.25) is 0 Å². The van der Waals surface area contributed by atoms with Crippen LogP contribution in [0.4, 0.5) is 5.69 Å². The lowest BCUT2D eigenvalue weighted by Crippen LogP contribution is -2.17. The zero-order chi connectivity index (χ0) is 15.3. The molecule has 1 unspecified atom stereocenters. The number of hydrogen-bond acceptors (Lipinski definition) is 3. The second kappa shape index (κ2) is 6.49. The molecule has 1 atom stereocenters. The van der Waals surface area contributed by atoms with Crippen molar-refractivity contribution in [1.29, 1.82) is 5.26 Å². The van der Waals surface area contributed by atoms with Crippen molar-refractivity contribution in [1.82, 2.24) is 0 Å². The largest absolute Gasteiger partial charge is 0.469 e. The molecule has 110 valence electrons. The van der Waals surface area contributed by atoms with Crippen molar-refractivity contribution in [2.45, 2.75) is 45.1 Å². The van der Waals surface area contributed by atoms with Gasteiger partial charge in [-0.15, -0.1) is 0 Å². The monoisotopic (exact) mass is 282 g/mol. The van der Waals surface area contributed by atoms with Crippen molar-refractivity contribution >= 4 is 5.69 Å². The summed E-state index contributed by atoms with van der Waals surface area (Å²) in [6.07, 6.45) is 3.66. The summed E-state index contributed by atoms with van der Waals surface area (Å²) in [5, 5.41) is 12.6. The molecule has 0 amide bonds. The fourth-order valence-electron chi connectivity index (χ4n) is 2.22. The second-order valence-corrected chi connectivity index (χ2v) is 5.98. The van der Waals surface area contributed by atoms with Gasteiger partial charge in [-0.1, -0.05) is 12.1 Å². The van der Waals surface area contributed by atoms with E-state index in [2.05, 4.69) is 18.3 Å². The predicted octanol–water partition coefficient (Wildman–Crippen LogP) is 4.51. The van der Waals surface area contributed by atoms with E-state index in [-0.39, 0.29) is 0 Å². The van der Waals surface area contributed by atoms with E-state index in [1.165, 1.54) is 0 Å². The van der Waals surface area contributed by atoms with Crippen molar-refractivity contribution in [3.8, 4) is 6.07 Å². The van der Waals surface area contributed by atoms with Crippen LogP contribution in [-0.2, 0) is 11.8 Å². The van der Waals surface area contributed by atoms with E-state index in [0.717, 1.165) is 29.9 Å². The predicted molar refractivity (Wildman–Crippen MR) is 85.2 cm³/mol. The van der Waals surface area contributed by atoms with Gasteiger partial charge in [0.1, 0.15) is 5.76 Å². The Morgan fingerprint density at radius 1 is 1.24 bits per heavy atom. The highest BCUT2D eigenvalue weighted by Gasteiger charge is 2.19. The molecule has 0 radical (unpaired) electrons. The number of furan rings is 1. The van der Waals surface area contributed by atoms with Crippen molar-refractivity contribution in [3.05, 3.63) is 54.0 Å². The first kappa shape index (κ1) is 15.2. The van der Waals surface area contributed by atoms with Gasteiger partial charge in [-0.25, -0.2) is 0 Å². The number of hydrogen-bond donors (Lipinski definition) is 1. The van der Waals surface area contributed by atoms with E-state index >= 15 is 0 Å². The van der Waals surface area contributed by atoms with Gasteiger partial charge in [-0.05, 0) is 57.0 Å². The highest BCUT2D eigenvalue weighted by atomic mass is 16.3. The third-order valence-corrected chi connectivity index (χ3v) is 3.70. The van der Waals surface area contributed by atoms with Crippen LogP contribution < -0.4 is 5.32 Å². The van der Waals surface area contributed by atoms with Crippen LogP contribution in [0.5, 0.6) is 0 Å². The molecular weight excluding hydrogens is 260 g/mol. The normalized spacial score (nSPS) is 12.7. The van der Waals surface area contributed by atoms with E-state index in [1.807, 2.05) is 50.2 Å². The minimum Gasteiger partial charge on any atom is -0.469 e. The summed E-state index contributed by atoms with van der Waals surface area (Å²) in [7, 11) is 0. The van der Waals surface area contributed by atoms with Gasteiger partial charge in [0.2, 0.25) is 0 Å². The van der Waals surface area contributed by atoms with Gasteiger partial charge < -0.3 is 9.73 Å². The molecule has 0 bridgehead atoms. The number of anilines is 1. The molecule has 0 aliphatic heterocycles. The van der Waals surface area contributed by atoms with Crippen LogP contribution in [0, 0.1) is 11.3 Å². The molecule has 21 heavy (non-hydrogen) atoms. The van der Waals surface area contributed by atoms with Gasteiger partial charge in [0.15, 0.2) is 0 Å². The molecule has 2 aromatic rings. The summed E-state index contributed by atoms with van der Waals surface area (Å²) in [5.74, 6) is 1.02. The molecule has 0 fully saturated rings. The van der Waals surface area contributed by atoms with Crippen molar-refractivity contribution in [2.24, 2.45) is 0 Å². The van der Waals surface area contributed by atoms with Crippen LogP contribution in [0.3, 0.4) is 0 Å². The Kier molecular flexibility index (Phi) is 4.70. The second-order valence-electron chi connectivity index (χ2n) is 5.98. The third-order valence-electron chi connectivity index (χ3n) is 3.70. The molecule has 0 saturated carbocycles. The molecule has 1 aromatic carbocycles. The molecule has 0 aliphatic rings. The average molecular weight is 282 g/mol. The molecule has 3 heteroatoms. The molecule has 0 spiro atoms. The molecule has 0 saturated heterocycles. The van der Waals surface area contributed by atoms with Crippen LogP contribution in [-0.4, -0.2) is 6.04 Å². The smallest absolute Gasteiger partial charge is 0.103 e. The number of aryl methyl sites for hydroxylation is 1. The lowest BCUT2D eigenvalue weighted by Gasteiger charge is -2.18. The Labute approximate surface area is 126 Å². The average Bonchev–Trinajstić information content (AvgIpc) is 2.99. The maximum atomic E-state index is 9.15. The summed E-state index contributed by atoms with van der Waals surface area (Å²) in [6.45, 7) is 6.03. The molecule has 1 heterocycles. The SMILES string of the molecule is CC(CCc1ccco1)Nc1ccc(C(C)(C)C#N)cc1. The lowest BCUT2D eigenvalue weighted by molar-refractivity contribution is 0.495. The van der Waals surface area contributed by atoms with Crippen LogP contribution in [0.15, 0.2) is 47.1 Å². The molecule has 3 nitrogen and oxygen atoms in total. The van der Waals surface area contributed by atoms with Gasteiger partial charge in [0.05, 0.1) is 17.7 Å². The Balaban J connectivity index is 1.89. The van der Waals surface area contributed by atoms with Gasteiger partial charge in [0, 0.05) is 18.2 Å². The third kappa shape index (κ3) is 4.13. The number of nitrogens with zero attached hydrogens (tertiary/aromatic N) is 1. The van der Waals surface area contributed by atoms with Crippen LogP contribution in [0.2, 0.25) is 0 Å². The van der Waals surface area contributed by atoms with E-state index in [9.17, 15) is 0 Å². The van der Waals surface area contributed by atoms with Crippen molar-refractivity contribution < 1.29 is 4.42 Å². The first-order valence-electron chi connectivity index (χ1n) is 7.32. The number of benzene rings is 1. The van der Waals surface area contributed by atoms with E-state index in [4.69, 9.17) is 9.68 Å². The summed E-state index contributed by atoms with van der Waals surface area (Å²) in [5.41, 5.74) is 1.68. The van der Waals surface area contributed by atoms with Crippen LogP contribution in [0.25, 0.3) is 0 Å². The van der Waals surface area contributed by atoms with Gasteiger partial charge in [0.25, 0.3) is 0 Å². The molecule has 1 N–H and O–H groups in total. The van der Waals surface area contributed by atoms with E-state index in [1.54, 1.807) is 6.26 Å². The van der Waals surface area contributed by atoms with Gasteiger partial charge in [-0.2, -0.15) is 5.26 Å². The minimum absolute atomic E-state index is 0.366. The van der Waals surface area contributed by atoms with Crippen molar-refractivity contribution in [3.63, 3.8) is 0 Å². The standard InChI is InChI=1S/C18H22N2O/c1-14(6-11-17-5-4-12-21-17)20-16-9-7-15(8-10-16)18(2,3)13-19/h4-5,7-10,12,14,20H,6,11H2,1-3H3. The highest BCUT2D eigenvalue weighted by molar-refractivity contribution is 5.47. The summed E-state index contributed by atoms with van der Waals surface area (Å²) in [4.78, 5) is 0. The van der Waals surface area contributed by atoms with E-state index in [0.29, 0.717) is 6.04 Å². The topological polar surface area (TPSA) is 49.0 Å². The van der Waals surface area contributed by atoms with Crippen LogP contribution >= 0.6 is 0 Å². The van der Waals surface area contributed by atoms with Crippen molar-refractivity contribution in [2.75, 3.05) is 5.32 Å². The maximum Gasteiger partial charge on any atom is 0.103 e. The number of nitriles is 1. The fraction of sp³-hybridized carbons (Fsp3) is 0.389. The zero-order valence-electron chi connectivity index (χ0n) is 12.9. The Bertz CT molecular complexity index is 591. The quantitative estimate of drug-likeness (QED) is 0.847.